The first kappa shape index (κ1) is 15.7. The average Bonchev–Trinajstić information content (AvgIpc) is 3.31. The summed E-state index contributed by atoms with van der Waals surface area (Å²) in [5.41, 5.74) is 1.55. The van der Waals surface area contributed by atoms with Crippen LogP contribution in [0, 0.1) is 0 Å². The molecular formula is C18H19N5O2. The van der Waals surface area contributed by atoms with Crippen LogP contribution < -0.4 is 5.32 Å². The zero-order valence-electron chi connectivity index (χ0n) is 13.8. The van der Waals surface area contributed by atoms with Gasteiger partial charge in [-0.25, -0.2) is 4.98 Å². The fourth-order valence-corrected chi connectivity index (χ4v) is 3.15. The molecule has 0 atom stereocenters. The molecule has 2 heterocycles. The van der Waals surface area contributed by atoms with E-state index in [2.05, 4.69) is 25.5 Å². The summed E-state index contributed by atoms with van der Waals surface area (Å²) in [6, 6.07) is 7.53. The van der Waals surface area contributed by atoms with Gasteiger partial charge in [0.1, 0.15) is 0 Å². The Balaban J connectivity index is 1.34. The molecule has 0 radical (unpaired) electrons. The summed E-state index contributed by atoms with van der Waals surface area (Å²) in [7, 11) is 0. The van der Waals surface area contributed by atoms with Gasteiger partial charge in [0.15, 0.2) is 5.82 Å². The van der Waals surface area contributed by atoms with Crippen molar-refractivity contribution in [2.45, 2.75) is 44.4 Å². The molecule has 25 heavy (non-hydrogen) atoms. The Morgan fingerprint density at radius 3 is 2.80 bits per heavy atom. The predicted molar refractivity (Wildman–Crippen MR) is 92.0 cm³/mol. The number of hydrogen-bond acceptors (Lipinski definition) is 6. The minimum atomic E-state index is -0.148. The third-order valence-electron chi connectivity index (χ3n) is 4.47. The number of nitrogens with one attached hydrogen (secondary N) is 1. The summed E-state index contributed by atoms with van der Waals surface area (Å²) in [5.74, 6) is 1.92. The number of fused-ring (bicyclic) bond motifs is 1. The van der Waals surface area contributed by atoms with Crippen molar-refractivity contribution < 1.29 is 9.21 Å². The summed E-state index contributed by atoms with van der Waals surface area (Å²) in [4.78, 5) is 20.8. The Morgan fingerprint density at radius 1 is 1.16 bits per heavy atom. The van der Waals surface area contributed by atoms with Gasteiger partial charge in [0.05, 0.1) is 17.2 Å². The molecular weight excluding hydrogens is 318 g/mol. The third-order valence-corrected chi connectivity index (χ3v) is 4.47. The van der Waals surface area contributed by atoms with Crippen LogP contribution in [0.3, 0.4) is 0 Å². The second-order valence-electron chi connectivity index (χ2n) is 6.31. The Kier molecular flexibility index (Phi) is 4.37. The first-order chi connectivity index (χ1) is 12.3. The fraction of sp³-hybridized carbons (Fsp3) is 0.389. The van der Waals surface area contributed by atoms with E-state index in [0.717, 1.165) is 23.9 Å². The van der Waals surface area contributed by atoms with Gasteiger partial charge < -0.3 is 9.73 Å². The molecule has 0 unspecified atom stereocenters. The van der Waals surface area contributed by atoms with Gasteiger partial charge in [-0.15, -0.1) is 10.2 Å². The number of carbonyl (C=O) groups is 1. The summed E-state index contributed by atoms with van der Waals surface area (Å²) >= 11 is 0. The molecule has 1 fully saturated rings. The van der Waals surface area contributed by atoms with Crippen LogP contribution in [0.15, 0.2) is 34.9 Å². The standard InChI is InChI=1S/C18H19N5O2/c24-16(21-15-11-19-13-7-3-4-8-14(13)20-15)9-10-17-22-23-18(25-17)12-5-1-2-6-12/h3-4,7-8,11-12H,1-2,5-6,9-10H2,(H,20,21,24). The molecule has 4 rings (SSSR count). The van der Waals surface area contributed by atoms with Crippen LogP contribution in [-0.4, -0.2) is 26.1 Å². The van der Waals surface area contributed by atoms with E-state index in [1.165, 1.54) is 12.8 Å². The minimum Gasteiger partial charge on any atom is -0.425 e. The highest BCUT2D eigenvalue weighted by Crippen LogP contribution is 2.33. The molecule has 7 nitrogen and oxygen atoms in total. The second-order valence-corrected chi connectivity index (χ2v) is 6.31. The van der Waals surface area contributed by atoms with E-state index in [4.69, 9.17) is 4.42 Å². The normalized spacial score (nSPS) is 14.9. The highest BCUT2D eigenvalue weighted by Gasteiger charge is 2.22. The van der Waals surface area contributed by atoms with Crippen LogP contribution in [0.4, 0.5) is 5.82 Å². The van der Waals surface area contributed by atoms with E-state index in [-0.39, 0.29) is 12.3 Å². The molecule has 1 saturated carbocycles. The van der Waals surface area contributed by atoms with Gasteiger partial charge in [-0.05, 0) is 25.0 Å². The molecule has 1 aliphatic carbocycles. The highest BCUT2D eigenvalue weighted by molar-refractivity contribution is 5.90. The van der Waals surface area contributed by atoms with Crippen molar-refractivity contribution in [1.29, 1.82) is 0 Å². The third kappa shape index (κ3) is 3.65. The van der Waals surface area contributed by atoms with Gasteiger partial charge in [-0.1, -0.05) is 25.0 Å². The van der Waals surface area contributed by atoms with Crippen LogP contribution in [0.25, 0.3) is 11.0 Å². The molecule has 0 aliphatic heterocycles. The van der Waals surface area contributed by atoms with E-state index in [9.17, 15) is 4.79 Å². The molecule has 0 saturated heterocycles. The van der Waals surface area contributed by atoms with Gasteiger partial charge in [-0.3, -0.25) is 9.78 Å². The number of amides is 1. The number of aryl methyl sites for hydroxylation is 1. The molecule has 2 aromatic heterocycles. The quantitative estimate of drug-likeness (QED) is 0.768. The van der Waals surface area contributed by atoms with Crippen molar-refractivity contribution >= 4 is 22.8 Å². The lowest BCUT2D eigenvalue weighted by molar-refractivity contribution is -0.116. The maximum Gasteiger partial charge on any atom is 0.226 e. The van der Waals surface area contributed by atoms with Crippen LogP contribution in [0.5, 0.6) is 0 Å². The molecule has 0 bridgehead atoms. The van der Waals surface area contributed by atoms with Gasteiger partial charge in [0.2, 0.25) is 17.7 Å². The molecule has 0 spiro atoms. The minimum absolute atomic E-state index is 0.148. The predicted octanol–water partition coefficient (Wildman–Crippen LogP) is 3.24. The number of hydrogen-bond donors (Lipinski definition) is 1. The number of para-hydroxylation sites is 2. The molecule has 1 aromatic carbocycles. The Labute approximate surface area is 144 Å². The molecule has 1 amide bonds. The maximum atomic E-state index is 12.1. The van der Waals surface area contributed by atoms with E-state index >= 15 is 0 Å². The van der Waals surface area contributed by atoms with Crippen molar-refractivity contribution in [2.24, 2.45) is 0 Å². The van der Waals surface area contributed by atoms with Crippen LogP contribution >= 0.6 is 0 Å². The molecule has 128 valence electrons. The number of rotatable bonds is 5. The van der Waals surface area contributed by atoms with Crippen LogP contribution in [0.2, 0.25) is 0 Å². The van der Waals surface area contributed by atoms with Crippen molar-refractivity contribution in [3.05, 3.63) is 42.2 Å². The second kappa shape index (κ2) is 6.96. The lowest BCUT2D eigenvalue weighted by atomic mass is 10.1. The monoisotopic (exact) mass is 337 g/mol. The SMILES string of the molecule is O=C(CCc1nnc(C2CCCC2)o1)Nc1cnc2ccccc2n1. The first-order valence-corrected chi connectivity index (χ1v) is 8.62. The number of anilines is 1. The number of aromatic nitrogens is 4. The van der Waals surface area contributed by atoms with Crippen molar-refractivity contribution in [3.8, 4) is 0 Å². The number of nitrogens with zero attached hydrogens (tertiary/aromatic N) is 4. The van der Waals surface area contributed by atoms with Gasteiger partial charge in [0, 0.05) is 18.8 Å². The van der Waals surface area contributed by atoms with E-state index < -0.39 is 0 Å². The molecule has 1 N–H and O–H groups in total. The van der Waals surface area contributed by atoms with E-state index in [0.29, 0.717) is 29.9 Å². The topological polar surface area (TPSA) is 93.8 Å². The van der Waals surface area contributed by atoms with Crippen molar-refractivity contribution in [1.82, 2.24) is 20.2 Å². The summed E-state index contributed by atoms with van der Waals surface area (Å²) in [6.45, 7) is 0. The van der Waals surface area contributed by atoms with Crippen molar-refractivity contribution in [3.63, 3.8) is 0 Å². The van der Waals surface area contributed by atoms with E-state index in [1.807, 2.05) is 24.3 Å². The van der Waals surface area contributed by atoms with Crippen LogP contribution in [-0.2, 0) is 11.2 Å². The number of benzene rings is 1. The largest absolute Gasteiger partial charge is 0.425 e. The molecule has 7 heteroatoms. The van der Waals surface area contributed by atoms with Gasteiger partial charge >= 0.3 is 0 Å². The van der Waals surface area contributed by atoms with Crippen LogP contribution in [0.1, 0.15) is 49.8 Å². The first-order valence-electron chi connectivity index (χ1n) is 8.62. The molecule has 3 aromatic rings. The average molecular weight is 337 g/mol. The van der Waals surface area contributed by atoms with E-state index in [1.54, 1.807) is 6.20 Å². The van der Waals surface area contributed by atoms with Gasteiger partial charge in [0.25, 0.3) is 0 Å². The lowest BCUT2D eigenvalue weighted by Gasteiger charge is -2.04. The lowest BCUT2D eigenvalue weighted by Crippen LogP contribution is -2.13. The zero-order valence-corrected chi connectivity index (χ0v) is 13.8. The summed E-state index contributed by atoms with van der Waals surface area (Å²) < 4.78 is 5.70. The summed E-state index contributed by atoms with van der Waals surface area (Å²) in [5, 5.41) is 10.9. The number of carbonyl (C=O) groups excluding carboxylic acids is 1. The molecule has 1 aliphatic rings. The Morgan fingerprint density at radius 2 is 1.96 bits per heavy atom. The Hall–Kier alpha value is -2.83. The zero-order chi connectivity index (χ0) is 17.1. The fourth-order valence-electron chi connectivity index (χ4n) is 3.15. The smallest absolute Gasteiger partial charge is 0.226 e. The summed E-state index contributed by atoms with van der Waals surface area (Å²) in [6.07, 6.45) is 6.92. The maximum absolute atomic E-state index is 12.1. The highest BCUT2D eigenvalue weighted by atomic mass is 16.4. The Bertz CT molecular complexity index is 886. The van der Waals surface area contributed by atoms with Gasteiger partial charge in [-0.2, -0.15) is 0 Å². The van der Waals surface area contributed by atoms with Crippen molar-refractivity contribution in [2.75, 3.05) is 5.32 Å².